The molecule has 1 aromatic carbocycles. The van der Waals surface area contributed by atoms with Crippen LogP contribution in [0.25, 0.3) is 22.6 Å². The number of hydrogen-bond donors (Lipinski definition) is 5. The highest BCUT2D eigenvalue weighted by Gasteiger charge is 2.49. The third kappa shape index (κ3) is 5.41. The smallest absolute Gasteiger partial charge is 0.454 e. The SMILES string of the molecule is Cc1cn([C@@H]2O[C@H](COC(=O)Nc3cnc(-c4cc5cc6c(cc5o4)OCO6)o3)[C@@H](OP(=O)(O)O)[C@H]2O)c(=O)[nH]c1=O. The fraction of sp³-hybridized carbons (Fsp3) is 0.304. The summed E-state index contributed by atoms with van der Waals surface area (Å²) in [6.07, 6.45) is -5.33. The summed E-state index contributed by atoms with van der Waals surface area (Å²) in [4.78, 5) is 61.2. The predicted octanol–water partition coefficient (Wildman–Crippen LogP) is 0.960. The summed E-state index contributed by atoms with van der Waals surface area (Å²) in [5, 5.41) is 13.7. The van der Waals surface area contributed by atoms with E-state index >= 15 is 0 Å². The standard InChI is InChI=1S/C23H21N4O14P/c1-9-6-27(22(30)26-19(9)29)21-17(28)18(41-42(32,33)34)15(39-21)7-35-23(31)25-16-5-24-20(40-16)14-3-10-2-12-13(37-8-36-12)4-11(10)38-14/h2-6,15,17-18,21,28H,7-8H2,1H3,(H,25,31)(H,26,29,30)(H2,32,33,34)/t15-,17-,18-,21-/m1/s1. The van der Waals surface area contributed by atoms with Crippen molar-refractivity contribution in [3.8, 4) is 23.1 Å². The first-order chi connectivity index (χ1) is 19.9. The van der Waals surface area contributed by atoms with E-state index in [1.807, 2.05) is 4.98 Å². The molecule has 0 unspecified atom stereocenters. The number of oxazole rings is 1. The molecule has 3 aromatic heterocycles. The van der Waals surface area contributed by atoms with Crippen LogP contribution in [0.2, 0.25) is 0 Å². The van der Waals surface area contributed by atoms with Gasteiger partial charge in [-0.05, 0) is 19.1 Å². The molecule has 222 valence electrons. The molecule has 2 aliphatic heterocycles. The number of phosphoric acid groups is 1. The number of aliphatic hydroxyl groups is 1. The highest BCUT2D eigenvalue weighted by Crippen LogP contribution is 2.44. The molecular weight excluding hydrogens is 587 g/mol. The molecule has 4 atom stereocenters. The molecule has 5 heterocycles. The van der Waals surface area contributed by atoms with Crippen LogP contribution in [0, 0.1) is 6.92 Å². The number of aryl methyl sites for hydroxylation is 1. The zero-order valence-corrected chi connectivity index (χ0v) is 22.2. The fourth-order valence-electron chi connectivity index (χ4n) is 4.42. The number of aliphatic hydroxyl groups excluding tert-OH is 1. The molecule has 0 spiro atoms. The lowest BCUT2D eigenvalue weighted by atomic mass is 10.1. The number of carbonyl (C=O) groups is 1. The van der Waals surface area contributed by atoms with E-state index in [0.717, 1.165) is 10.8 Å². The number of fused-ring (bicyclic) bond motifs is 2. The summed E-state index contributed by atoms with van der Waals surface area (Å²) >= 11 is 0. The molecule has 1 saturated heterocycles. The predicted molar refractivity (Wildman–Crippen MR) is 136 cm³/mol. The Labute approximate surface area is 232 Å². The second-order valence-electron chi connectivity index (χ2n) is 9.20. The fourth-order valence-corrected chi connectivity index (χ4v) is 5.00. The van der Waals surface area contributed by atoms with Gasteiger partial charge in [0, 0.05) is 23.2 Å². The van der Waals surface area contributed by atoms with E-state index in [1.165, 1.54) is 13.1 Å². The Morgan fingerprint density at radius 3 is 2.74 bits per heavy atom. The maximum absolute atomic E-state index is 12.5. The second kappa shape index (κ2) is 10.4. The van der Waals surface area contributed by atoms with Crippen LogP contribution in [0.5, 0.6) is 11.5 Å². The number of nitrogens with zero attached hydrogens (tertiary/aromatic N) is 2. The van der Waals surface area contributed by atoms with Crippen LogP contribution < -0.4 is 26.0 Å². The molecule has 0 saturated carbocycles. The molecule has 6 rings (SSSR count). The van der Waals surface area contributed by atoms with Gasteiger partial charge in [-0.3, -0.25) is 24.2 Å². The maximum atomic E-state index is 12.5. The summed E-state index contributed by atoms with van der Waals surface area (Å²) < 4.78 is 49.6. The Morgan fingerprint density at radius 1 is 1.21 bits per heavy atom. The summed E-state index contributed by atoms with van der Waals surface area (Å²) in [6.45, 7) is 0.823. The van der Waals surface area contributed by atoms with Crippen molar-refractivity contribution >= 4 is 30.8 Å². The van der Waals surface area contributed by atoms with Crippen molar-refractivity contribution in [1.29, 1.82) is 0 Å². The molecule has 0 radical (unpaired) electrons. The van der Waals surface area contributed by atoms with Gasteiger partial charge in [-0.15, -0.1) is 0 Å². The normalized spacial score (nSPS) is 21.6. The van der Waals surface area contributed by atoms with Crippen LogP contribution in [0.15, 0.2) is 49.0 Å². The van der Waals surface area contributed by atoms with Crippen LogP contribution in [0.3, 0.4) is 0 Å². The average Bonchev–Trinajstić information content (AvgIpc) is 3.70. The van der Waals surface area contributed by atoms with Crippen molar-refractivity contribution in [2.75, 3.05) is 18.7 Å². The van der Waals surface area contributed by atoms with Crippen LogP contribution >= 0.6 is 7.82 Å². The van der Waals surface area contributed by atoms with Crippen molar-refractivity contribution in [2.24, 2.45) is 0 Å². The molecule has 18 nitrogen and oxygen atoms in total. The van der Waals surface area contributed by atoms with Gasteiger partial charge in [-0.2, -0.15) is 0 Å². The Balaban J connectivity index is 1.13. The maximum Gasteiger partial charge on any atom is 0.470 e. The van der Waals surface area contributed by atoms with E-state index in [0.29, 0.717) is 22.5 Å². The van der Waals surface area contributed by atoms with Gasteiger partial charge in [0.15, 0.2) is 23.5 Å². The monoisotopic (exact) mass is 608 g/mol. The molecule has 1 fully saturated rings. The van der Waals surface area contributed by atoms with Gasteiger partial charge in [0.05, 0.1) is 6.20 Å². The minimum absolute atomic E-state index is 0.0327. The van der Waals surface area contributed by atoms with E-state index in [1.54, 1.807) is 18.2 Å². The van der Waals surface area contributed by atoms with E-state index in [9.17, 15) is 33.8 Å². The molecule has 19 heteroatoms. The van der Waals surface area contributed by atoms with E-state index in [4.69, 9.17) is 27.8 Å². The number of aromatic nitrogens is 3. The van der Waals surface area contributed by atoms with Gasteiger partial charge in [0.25, 0.3) is 11.4 Å². The largest absolute Gasteiger partial charge is 0.470 e. The van der Waals surface area contributed by atoms with Gasteiger partial charge in [0.1, 0.15) is 30.5 Å². The minimum Gasteiger partial charge on any atom is -0.454 e. The van der Waals surface area contributed by atoms with E-state index in [-0.39, 0.29) is 29.9 Å². The highest BCUT2D eigenvalue weighted by molar-refractivity contribution is 7.46. The first-order valence-corrected chi connectivity index (χ1v) is 13.6. The third-order valence-electron chi connectivity index (χ3n) is 6.32. The number of furan rings is 1. The lowest BCUT2D eigenvalue weighted by Gasteiger charge is -2.20. The van der Waals surface area contributed by atoms with Crippen LogP contribution in [0.4, 0.5) is 10.7 Å². The molecule has 2 aliphatic rings. The first-order valence-electron chi connectivity index (χ1n) is 12.1. The number of rotatable bonds is 7. The van der Waals surface area contributed by atoms with Crippen LogP contribution in [0.1, 0.15) is 11.8 Å². The molecule has 4 aromatic rings. The number of carbonyl (C=O) groups excluding carboxylic acids is 1. The Morgan fingerprint density at radius 2 is 1.98 bits per heavy atom. The van der Waals surface area contributed by atoms with Crippen LogP contribution in [-0.2, 0) is 18.6 Å². The molecule has 42 heavy (non-hydrogen) atoms. The topological polar surface area (TPSA) is 247 Å². The quantitative estimate of drug-likeness (QED) is 0.183. The summed E-state index contributed by atoms with van der Waals surface area (Å²) in [5.41, 5.74) is -1.05. The van der Waals surface area contributed by atoms with Crippen molar-refractivity contribution in [3.63, 3.8) is 0 Å². The van der Waals surface area contributed by atoms with Crippen molar-refractivity contribution in [2.45, 2.75) is 31.5 Å². The number of ether oxygens (including phenoxy) is 4. The zero-order valence-electron chi connectivity index (χ0n) is 21.3. The second-order valence-corrected chi connectivity index (χ2v) is 10.4. The number of aromatic amines is 1. The van der Waals surface area contributed by atoms with Gasteiger partial charge >= 0.3 is 19.6 Å². The van der Waals surface area contributed by atoms with Gasteiger partial charge < -0.3 is 42.7 Å². The molecular formula is C23H21N4O14P. The Bertz CT molecular complexity index is 1800. The number of hydrogen-bond acceptors (Lipinski definition) is 13. The third-order valence-corrected chi connectivity index (χ3v) is 6.84. The summed E-state index contributed by atoms with van der Waals surface area (Å²) in [7, 11) is -5.17. The van der Waals surface area contributed by atoms with Gasteiger partial charge in [0.2, 0.25) is 12.7 Å². The molecule has 0 aliphatic carbocycles. The lowest BCUT2D eigenvalue weighted by molar-refractivity contribution is -0.0559. The Kier molecular flexibility index (Phi) is 6.88. The van der Waals surface area contributed by atoms with E-state index in [2.05, 4.69) is 14.8 Å². The average molecular weight is 608 g/mol. The first kappa shape index (κ1) is 27.7. The number of nitrogens with one attached hydrogen (secondary N) is 2. The van der Waals surface area contributed by atoms with Crippen LogP contribution in [-0.4, -0.2) is 67.2 Å². The number of anilines is 1. The summed E-state index contributed by atoms with van der Waals surface area (Å²) in [6, 6.07) is 5.04. The van der Waals surface area contributed by atoms with Crippen molar-refractivity contribution in [3.05, 3.63) is 57.0 Å². The summed E-state index contributed by atoms with van der Waals surface area (Å²) in [5.74, 6) is 1.24. The van der Waals surface area contributed by atoms with Gasteiger partial charge in [-0.1, -0.05) is 0 Å². The lowest BCUT2D eigenvalue weighted by Crippen LogP contribution is -2.39. The van der Waals surface area contributed by atoms with E-state index < -0.39 is 56.3 Å². The number of benzene rings is 1. The van der Waals surface area contributed by atoms with Crippen molar-refractivity contribution in [1.82, 2.24) is 14.5 Å². The number of amides is 1. The Hall–Kier alpha value is -4.45. The van der Waals surface area contributed by atoms with Gasteiger partial charge in [-0.25, -0.2) is 19.1 Å². The van der Waals surface area contributed by atoms with Crippen molar-refractivity contribution < 1.29 is 56.6 Å². The molecule has 0 bridgehead atoms. The molecule has 1 amide bonds. The minimum atomic E-state index is -5.17. The number of phosphoric ester groups is 1. The molecule has 5 N–H and O–H groups in total. The highest BCUT2D eigenvalue weighted by atomic mass is 31.2. The zero-order chi connectivity index (χ0) is 29.8. The number of H-pyrrole nitrogens is 1.